The van der Waals surface area contributed by atoms with Crippen molar-refractivity contribution in [2.75, 3.05) is 0 Å². The molecule has 2 aromatic heterocycles. The molecule has 0 atom stereocenters. The zero-order chi connectivity index (χ0) is 20.0. The van der Waals surface area contributed by atoms with E-state index >= 15 is 0 Å². The number of nitrogens with zero attached hydrogens (tertiary/aromatic N) is 4. The van der Waals surface area contributed by atoms with Gasteiger partial charge in [0.25, 0.3) is 0 Å². The largest absolute Gasteiger partial charge is 0.416 e. The first-order chi connectivity index (χ1) is 14.0. The predicted molar refractivity (Wildman–Crippen MR) is 103 cm³/mol. The van der Waals surface area contributed by atoms with Crippen LogP contribution in [0.15, 0.2) is 66.7 Å². The summed E-state index contributed by atoms with van der Waals surface area (Å²) in [5, 5.41) is 16.1. The number of hydrogen-bond donors (Lipinski definition) is 1. The lowest BCUT2D eigenvalue weighted by Gasteiger charge is -2.11. The average Bonchev–Trinajstić information content (AvgIpc) is 3.35. The number of hydrogen-bond acceptors (Lipinski definition) is 3. The summed E-state index contributed by atoms with van der Waals surface area (Å²) in [7, 11) is 0. The van der Waals surface area contributed by atoms with Gasteiger partial charge in [0.15, 0.2) is 0 Å². The Hall–Kier alpha value is -3.68. The van der Waals surface area contributed by atoms with Gasteiger partial charge in [-0.3, -0.25) is 0 Å². The zero-order valence-electron chi connectivity index (χ0n) is 15.0. The van der Waals surface area contributed by atoms with Crippen molar-refractivity contribution in [1.29, 1.82) is 0 Å². The van der Waals surface area contributed by atoms with Gasteiger partial charge in [0.2, 0.25) is 5.82 Å². The lowest BCUT2D eigenvalue weighted by atomic mass is 10.1. The minimum absolute atomic E-state index is 0.329. The highest BCUT2D eigenvalue weighted by atomic mass is 19.4. The average molecular weight is 393 g/mol. The predicted octanol–water partition coefficient (Wildman–Crippen LogP) is 5.04. The SMILES string of the molecule is FC(F)(F)c1cccc(Cn2c3ccccc3c3cc(-c4nn[nH]n4)ccc32)c1. The summed E-state index contributed by atoms with van der Waals surface area (Å²) in [5.74, 6) is 0.488. The third-order valence-electron chi connectivity index (χ3n) is 4.97. The second kappa shape index (κ2) is 6.44. The number of nitrogens with one attached hydrogen (secondary N) is 1. The van der Waals surface area contributed by atoms with Crippen LogP contribution in [0.25, 0.3) is 33.2 Å². The fraction of sp³-hybridized carbons (Fsp3) is 0.0952. The quantitative estimate of drug-likeness (QED) is 0.467. The van der Waals surface area contributed by atoms with Crippen LogP contribution in [-0.4, -0.2) is 25.2 Å². The number of aromatic amines is 1. The van der Waals surface area contributed by atoms with Crippen molar-refractivity contribution >= 4 is 21.8 Å². The van der Waals surface area contributed by atoms with Crippen LogP contribution in [0, 0.1) is 0 Å². The van der Waals surface area contributed by atoms with Crippen molar-refractivity contribution in [3.05, 3.63) is 77.9 Å². The van der Waals surface area contributed by atoms with Crippen LogP contribution < -0.4 is 0 Å². The molecule has 144 valence electrons. The maximum absolute atomic E-state index is 13.1. The van der Waals surface area contributed by atoms with E-state index in [1.54, 1.807) is 6.07 Å². The van der Waals surface area contributed by atoms with E-state index in [1.807, 2.05) is 47.0 Å². The van der Waals surface area contributed by atoms with Gasteiger partial charge in [-0.15, -0.1) is 10.2 Å². The molecule has 5 rings (SSSR count). The lowest BCUT2D eigenvalue weighted by Crippen LogP contribution is -2.06. The van der Waals surface area contributed by atoms with Crippen molar-refractivity contribution in [1.82, 2.24) is 25.2 Å². The molecule has 0 fully saturated rings. The van der Waals surface area contributed by atoms with Crippen molar-refractivity contribution in [3.8, 4) is 11.4 Å². The molecule has 0 spiro atoms. The van der Waals surface area contributed by atoms with Gasteiger partial charge in [0.05, 0.1) is 5.56 Å². The highest BCUT2D eigenvalue weighted by molar-refractivity contribution is 6.09. The Morgan fingerprint density at radius 1 is 0.862 bits per heavy atom. The van der Waals surface area contributed by atoms with E-state index < -0.39 is 11.7 Å². The van der Waals surface area contributed by atoms with E-state index in [4.69, 9.17) is 0 Å². The van der Waals surface area contributed by atoms with E-state index in [1.165, 1.54) is 12.1 Å². The molecular weight excluding hydrogens is 379 g/mol. The normalized spacial score (nSPS) is 12.1. The van der Waals surface area contributed by atoms with Crippen LogP contribution in [0.3, 0.4) is 0 Å². The molecule has 1 N–H and O–H groups in total. The zero-order valence-corrected chi connectivity index (χ0v) is 15.0. The van der Waals surface area contributed by atoms with Crippen LogP contribution in [-0.2, 0) is 12.7 Å². The first-order valence-electron chi connectivity index (χ1n) is 8.92. The van der Waals surface area contributed by atoms with Gasteiger partial charge in [-0.25, -0.2) is 0 Å². The molecule has 0 bridgehead atoms. The van der Waals surface area contributed by atoms with E-state index in [2.05, 4.69) is 20.6 Å². The molecule has 0 radical (unpaired) electrons. The molecule has 8 heteroatoms. The third-order valence-corrected chi connectivity index (χ3v) is 4.97. The van der Waals surface area contributed by atoms with E-state index in [0.29, 0.717) is 17.9 Å². The first-order valence-corrected chi connectivity index (χ1v) is 8.92. The highest BCUT2D eigenvalue weighted by Gasteiger charge is 2.30. The number of benzene rings is 3. The van der Waals surface area contributed by atoms with Gasteiger partial charge in [0.1, 0.15) is 0 Å². The topological polar surface area (TPSA) is 59.4 Å². The molecule has 2 heterocycles. The van der Waals surface area contributed by atoms with Crippen LogP contribution in [0.5, 0.6) is 0 Å². The lowest BCUT2D eigenvalue weighted by molar-refractivity contribution is -0.137. The van der Waals surface area contributed by atoms with Crippen molar-refractivity contribution in [2.24, 2.45) is 0 Å². The molecular formula is C21H14F3N5. The Labute approximate surface area is 162 Å². The van der Waals surface area contributed by atoms with Crippen LogP contribution in [0.1, 0.15) is 11.1 Å². The third kappa shape index (κ3) is 3.02. The Morgan fingerprint density at radius 3 is 2.48 bits per heavy atom. The standard InChI is InChI=1S/C21H14F3N5/c22-21(23,24)15-5-3-4-13(10-15)12-29-18-7-2-1-6-16(18)17-11-14(8-9-19(17)29)20-25-27-28-26-20/h1-11H,12H2,(H,25,26,27,28). The molecule has 0 aliphatic carbocycles. The van der Waals surface area contributed by atoms with E-state index in [0.717, 1.165) is 33.4 Å². The fourth-order valence-electron chi connectivity index (χ4n) is 3.68. The van der Waals surface area contributed by atoms with Crippen molar-refractivity contribution in [2.45, 2.75) is 12.7 Å². The summed E-state index contributed by atoms with van der Waals surface area (Å²) < 4.78 is 41.3. The maximum Gasteiger partial charge on any atom is 0.416 e. The Morgan fingerprint density at radius 2 is 1.69 bits per heavy atom. The number of aromatic nitrogens is 5. The smallest absolute Gasteiger partial charge is 0.336 e. The molecule has 5 nitrogen and oxygen atoms in total. The number of tetrazole rings is 1. The molecule has 0 aliphatic rings. The molecule has 0 unspecified atom stereocenters. The molecule has 0 saturated heterocycles. The van der Waals surface area contributed by atoms with Gasteiger partial charge < -0.3 is 4.57 Å². The molecule has 29 heavy (non-hydrogen) atoms. The second-order valence-electron chi connectivity index (χ2n) is 6.77. The summed E-state index contributed by atoms with van der Waals surface area (Å²) in [6.45, 7) is 0.329. The van der Waals surface area contributed by atoms with Crippen LogP contribution in [0.4, 0.5) is 13.2 Å². The summed E-state index contributed by atoms with van der Waals surface area (Å²) >= 11 is 0. The van der Waals surface area contributed by atoms with E-state index in [-0.39, 0.29) is 0 Å². The summed E-state index contributed by atoms with van der Waals surface area (Å²) in [6, 6.07) is 19.1. The molecule has 0 saturated carbocycles. The van der Waals surface area contributed by atoms with Crippen LogP contribution in [0.2, 0.25) is 0 Å². The number of fused-ring (bicyclic) bond motifs is 3. The minimum atomic E-state index is -4.36. The van der Waals surface area contributed by atoms with Gasteiger partial charge in [-0.05, 0) is 47.2 Å². The summed E-state index contributed by atoms with van der Waals surface area (Å²) in [5.41, 5.74) is 2.63. The number of H-pyrrole nitrogens is 1. The van der Waals surface area contributed by atoms with Gasteiger partial charge in [-0.1, -0.05) is 30.3 Å². The van der Waals surface area contributed by atoms with Crippen molar-refractivity contribution < 1.29 is 13.2 Å². The number of rotatable bonds is 3. The Kier molecular flexibility index (Phi) is 3.87. The number of halogens is 3. The number of para-hydroxylation sites is 1. The molecule has 0 aliphatic heterocycles. The fourth-order valence-corrected chi connectivity index (χ4v) is 3.68. The summed E-state index contributed by atoms with van der Waals surface area (Å²) in [4.78, 5) is 0. The first kappa shape index (κ1) is 17.4. The number of alkyl halides is 3. The molecule has 5 aromatic rings. The second-order valence-corrected chi connectivity index (χ2v) is 6.77. The Balaban J connectivity index is 1.67. The maximum atomic E-state index is 13.1. The van der Waals surface area contributed by atoms with Gasteiger partial charge in [0, 0.05) is 33.9 Å². The summed E-state index contributed by atoms with van der Waals surface area (Å²) in [6.07, 6.45) is -4.36. The molecule has 3 aromatic carbocycles. The Bertz CT molecular complexity index is 1320. The van der Waals surface area contributed by atoms with E-state index in [9.17, 15) is 13.2 Å². The minimum Gasteiger partial charge on any atom is -0.336 e. The molecule has 0 amide bonds. The van der Waals surface area contributed by atoms with Crippen LogP contribution >= 0.6 is 0 Å². The monoisotopic (exact) mass is 393 g/mol. The highest BCUT2D eigenvalue weighted by Crippen LogP contribution is 2.33. The van der Waals surface area contributed by atoms with Gasteiger partial charge >= 0.3 is 6.18 Å². The van der Waals surface area contributed by atoms with Crippen molar-refractivity contribution in [3.63, 3.8) is 0 Å². The van der Waals surface area contributed by atoms with Gasteiger partial charge in [-0.2, -0.15) is 18.4 Å².